The molecule has 1 N–H and O–H groups in total. The summed E-state index contributed by atoms with van der Waals surface area (Å²) in [6.07, 6.45) is 4.89. The normalized spacial score (nSPS) is 18.3. The Kier molecular flexibility index (Phi) is 4.52. The molecule has 2 heterocycles. The third-order valence-corrected chi connectivity index (χ3v) is 4.51. The highest BCUT2D eigenvalue weighted by atomic mass is 16.5. The average molecular weight is 317 g/mol. The van der Waals surface area contributed by atoms with Gasteiger partial charge < -0.3 is 19.3 Å². The molecule has 1 aromatic carbocycles. The topological polar surface area (TPSA) is 67.6 Å². The van der Waals surface area contributed by atoms with E-state index in [0.717, 1.165) is 37.5 Å². The zero-order valence-corrected chi connectivity index (χ0v) is 13.7. The van der Waals surface area contributed by atoms with Crippen LogP contribution in [0.15, 0.2) is 18.2 Å². The Bertz CT molecular complexity index is 704. The van der Waals surface area contributed by atoms with Gasteiger partial charge in [0.2, 0.25) is 5.95 Å². The van der Waals surface area contributed by atoms with Crippen LogP contribution in [0.25, 0.3) is 11.0 Å². The molecule has 0 spiro atoms. The van der Waals surface area contributed by atoms with Crippen LogP contribution in [0.5, 0.6) is 0 Å². The van der Waals surface area contributed by atoms with Crippen LogP contribution in [0.4, 0.5) is 5.95 Å². The highest BCUT2D eigenvalue weighted by Gasteiger charge is 2.17. The molecule has 124 valence electrons. The molecule has 0 saturated carbocycles. The Morgan fingerprint density at radius 1 is 1.48 bits per heavy atom. The van der Waals surface area contributed by atoms with Crippen molar-refractivity contribution in [3.05, 3.63) is 23.8 Å². The van der Waals surface area contributed by atoms with Gasteiger partial charge in [-0.25, -0.2) is 9.78 Å². The minimum atomic E-state index is -0.929. The lowest BCUT2D eigenvalue weighted by Gasteiger charge is -2.25. The van der Waals surface area contributed by atoms with E-state index in [2.05, 4.69) is 9.88 Å². The van der Waals surface area contributed by atoms with Gasteiger partial charge in [0.25, 0.3) is 0 Å². The molecule has 2 aromatic rings. The molecule has 1 atom stereocenters. The number of fused-ring (bicyclic) bond motifs is 1. The smallest absolute Gasteiger partial charge is 0.335 e. The average Bonchev–Trinajstić information content (AvgIpc) is 2.90. The number of aromatic carboxylic acids is 1. The van der Waals surface area contributed by atoms with Crippen LogP contribution in [-0.2, 0) is 11.8 Å². The first-order chi connectivity index (χ1) is 11.1. The van der Waals surface area contributed by atoms with Gasteiger partial charge in [-0.2, -0.15) is 0 Å². The standard InChI is InChI=1S/C17H23N3O3/c1-19(9-8-13-5-3-4-10-23-13)17-18-14-11-12(16(21)22)6-7-15(14)20(17)2/h6-7,11,13H,3-5,8-10H2,1-2H3,(H,21,22). The van der Waals surface area contributed by atoms with Crippen LogP contribution in [0, 0.1) is 0 Å². The number of benzene rings is 1. The zero-order valence-electron chi connectivity index (χ0n) is 13.7. The SMILES string of the molecule is CN(CCC1CCCCO1)c1nc2cc(C(=O)O)ccc2n1C. The number of carbonyl (C=O) groups is 1. The number of ether oxygens (including phenoxy) is 1. The summed E-state index contributed by atoms with van der Waals surface area (Å²) in [5.41, 5.74) is 1.91. The maximum Gasteiger partial charge on any atom is 0.335 e. The van der Waals surface area contributed by atoms with Crippen LogP contribution >= 0.6 is 0 Å². The first kappa shape index (κ1) is 15.8. The number of rotatable bonds is 5. The van der Waals surface area contributed by atoms with Crippen LogP contribution in [0.2, 0.25) is 0 Å². The molecular weight excluding hydrogens is 294 g/mol. The maximum atomic E-state index is 11.1. The van der Waals surface area contributed by atoms with Gasteiger partial charge in [-0.1, -0.05) is 0 Å². The number of anilines is 1. The number of hydrogen-bond donors (Lipinski definition) is 1. The number of aryl methyl sites for hydroxylation is 1. The fraction of sp³-hybridized carbons (Fsp3) is 0.529. The number of carboxylic acid groups (broad SMARTS) is 1. The lowest BCUT2D eigenvalue weighted by Crippen LogP contribution is -2.28. The van der Waals surface area contributed by atoms with Gasteiger partial charge in [-0.05, 0) is 43.9 Å². The van der Waals surface area contributed by atoms with Gasteiger partial charge in [-0.15, -0.1) is 0 Å². The molecule has 3 rings (SSSR count). The number of aromatic nitrogens is 2. The molecule has 23 heavy (non-hydrogen) atoms. The molecule has 0 bridgehead atoms. The first-order valence-corrected chi connectivity index (χ1v) is 8.09. The monoisotopic (exact) mass is 317 g/mol. The molecule has 0 aliphatic carbocycles. The van der Waals surface area contributed by atoms with E-state index >= 15 is 0 Å². The minimum absolute atomic E-state index is 0.264. The van der Waals surface area contributed by atoms with E-state index in [-0.39, 0.29) is 5.56 Å². The Morgan fingerprint density at radius 2 is 2.30 bits per heavy atom. The Hall–Kier alpha value is -2.08. The first-order valence-electron chi connectivity index (χ1n) is 8.09. The van der Waals surface area contributed by atoms with Gasteiger partial charge >= 0.3 is 5.97 Å². The quantitative estimate of drug-likeness (QED) is 0.918. The van der Waals surface area contributed by atoms with Crippen molar-refractivity contribution in [3.63, 3.8) is 0 Å². The molecule has 1 aliphatic rings. The second kappa shape index (κ2) is 6.58. The third-order valence-electron chi connectivity index (χ3n) is 4.51. The summed E-state index contributed by atoms with van der Waals surface area (Å²) in [4.78, 5) is 17.8. The van der Waals surface area contributed by atoms with E-state index in [0.29, 0.717) is 11.6 Å². The van der Waals surface area contributed by atoms with Crippen molar-refractivity contribution in [3.8, 4) is 0 Å². The van der Waals surface area contributed by atoms with Crippen molar-refractivity contribution in [1.29, 1.82) is 0 Å². The summed E-state index contributed by atoms with van der Waals surface area (Å²) in [5.74, 6) is -0.0831. The van der Waals surface area contributed by atoms with E-state index < -0.39 is 5.97 Å². The summed E-state index contributed by atoms with van der Waals surface area (Å²) < 4.78 is 7.78. The summed E-state index contributed by atoms with van der Waals surface area (Å²) in [5, 5.41) is 9.10. The molecular formula is C17H23N3O3. The predicted octanol–water partition coefficient (Wildman–Crippen LogP) is 2.67. The van der Waals surface area contributed by atoms with Gasteiger partial charge in [0, 0.05) is 27.2 Å². The summed E-state index contributed by atoms with van der Waals surface area (Å²) in [6.45, 7) is 1.74. The van der Waals surface area contributed by atoms with Crippen molar-refractivity contribution >= 4 is 23.0 Å². The van der Waals surface area contributed by atoms with Crippen molar-refractivity contribution < 1.29 is 14.6 Å². The molecule has 1 aliphatic heterocycles. The molecule has 1 unspecified atom stereocenters. The summed E-state index contributed by atoms with van der Waals surface area (Å²) >= 11 is 0. The van der Waals surface area contributed by atoms with E-state index in [1.807, 2.05) is 24.7 Å². The van der Waals surface area contributed by atoms with Crippen molar-refractivity contribution in [2.75, 3.05) is 25.1 Å². The number of nitrogens with zero attached hydrogens (tertiary/aromatic N) is 3. The van der Waals surface area contributed by atoms with Crippen LogP contribution in [-0.4, -0.2) is 46.9 Å². The number of hydrogen-bond acceptors (Lipinski definition) is 4. The lowest BCUT2D eigenvalue weighted by molar-refractivity contribution is 0.0126. The second-order valence-electron chi connectivity index (χ2n) is 6.18. The Morgan fingerprint density at radius 3 is 3.00 bits per heavy atom. The van der Waals surface area contributed by atoms with E-state index in [9.17, 15) is 4.79 Å². The molecule has 1 fully saturated rings. The second-order valence-corrected chi connectivity index (χ2v) is 6.18. The van der Waals surface area contributed by atoms with Crippen molar-refractivity contribution in [1.82, 2.24) is 9.55 Å². The van der Waals surface area contributed by atoms with Crippen LogP contribution in [0.3, 0.4) is 0 Å². The predicted molar refractivity (Wildman–Crippen MR) is 89.2 cm³/mol. The molecule has 1 aromatic heterocycles. The highest BCUT2D eigenvalue weighted by Crippen LogP contribution is 2.23. The lowest BCUT2D eigenvalue weighted by atomic mass is 10.1. The summed E-state index contributed by atoms with van der Waals surface area (Å²) in [7, 11) is 3.97. The van der Waals surface area contributed by atoms with Crippen molar-refractivity contribution in [2.24, 2.45) is 7.05 Å². The van der Waals surface area contributed by atoms with Crippen molar-refractivity contribution in [2.45, 2.75) is 31.8 Å². The summed E-state index contributed by atoms with van der Waals surface area (Å²) in [6, 6.07) is 5.05. The molecule has 6 nitrogen and oxygen atoms in total. The molecule has 6 heteroatoms. The fourth-order valence-corrected chi connectivity index (χ4v) is 3.13. The molecule has 0 radical (unpaired) electrons. The number of imidazole rings is 1. The van der Waals surface area contributed by atoms with Crippen LogP contribution < -0.4 is 4.90 Å². The molecule has 0 amide bonds. The third kappa shape index (κ3) is 3.32. The van der Waals surface area contributed by atoms with Crippen LogP contribution in [0.1, 0.15) is 36.0 Å². The fourth-order valence-electron chi connectivity index (χ4n) is 3.13. The van der Waals surface area contributed by atoms with Gasteiger partial charge in [0.1, 0.15) is 0 Å². The van der Waals surface area contributed by atoms with E-state index in [4.69, 9.17) is 9.84 Å². The molecule has 1 saturated heterocycles. The minimum Gasteiger partial charge on any atom is -0.478 e. The zero-order chi connectivity index (χ0) is 16.4. The highest BCUT2D eigenvalue weighted by molar-refractivity contribution is 5.93. The van der Waals surface area contributed by atoms with E-state index in [1.165, 1.54) is 12.8 Å². The van der Waals surface area contributed by atoms with Gasteiger partial charge in [-0.3, -0.25) is 0 Å². The number of carboxylic acids is 1. The van der Waals surface area contributed by atoms with E-state index in [1.54, 1.807) is 12.1 Å². The largest absolute Gasteiger partial charge is 0.478 e. The maximum absolute atomic E-state index is 11.1. The van der Waals surface area contributed by atoms with Gasteiger partial charge in [0.05, 0.1) is 22.7 Å². The van der Waals surface area contributed by atoms with Gasteiger partial charge in [0.15, 0.2) is 0 Å². The Balaban J connectivity index is 1.75. The Labute approximate surface area is 135 Å².